The number of phenols is 1. The predicted molar refractivity (Wildman–Crippen MR) is 119 cm³/mol. The van der Waals surface area contributed by atoms with Crippen LogP contribution in [0.15, 0.2) is 35.2 Å². The van der Waals surface area contributed by atoms with E-state index < -0.39 is 0 Å². The molecular formula is C19H16INO3S2. The molecule has 0 unspecified atom stereocenters. The zero-order valence-electron chi connectivity index (χ0n) is 14.4. The van der Waals surface area contributed by atoms with Crippen molar-refractivity contribution in [3.8, 4) is 11.5 Å². The summed E-state index contributed by atoms with van der Waals surface area (Å²) in [5.74, 6) is 0.315. The van der Waals surface area contributed by atoms with Crippen LogP contribution in [0.1, 0.15) is 16.7 Å². The molecule has 1 amide bonds. The molecule has 1 fully saturated rings. The van der Waals surface area contributed by atoms with Gasteiger partial charge in [-0.25, -0.2) is 0 Å². The molecule has 0 aliphatic carbocycles. The van der Waals surface area contributed by atoms with Crippen LogP contribution in [0.4, 0.5) is 5.69 Å². The second kappa shape index (κ2) is 7.58. The third-order valence-electron chi connectivity index (χ3n) is 3.96. The topological polar surface area (TPSA) is 49.8 Å². The fraction of sp³-hybridized carbons (Fsp3) is 0.158. The van der Waals surface area contributed by atoms with Crippen molar-refractivity contribution in [3.63, 3.8) is 0 Å². The molecule has 1 aliphatic rings. The fourth-order valence-corrected chi connectivity index (χ4v) is 4.63. The molecule has 26 heavy (non-hydrogen) atoms. The van der Waals surface area contributed by atoms with Crippen molar-refractivity contribution in [2.75, 3.05) is 12.0 Å². The molecule has 3 rings (SSSR count). The van der Waals surface area contributed by atoms with Crippen LogP contribution in [-0.2, 0) is 4.79 Å². The molecule has 2 aromatic rings. The van der Waals surface area contributed by atoms with Crippen LogP contribution in [0.2, 0.25) is 0 Å². The van der Waals surface area contributed by atoms with Gasteiger partial charge in [-0.05, 0) is 71.8 Å². The number of amides is 1. The van der Waals surface area contributed by atoms with E-state index in [-0.39, 0.29) is 11.7 Å². The van der Waals surface area contributed by atoms with Crippen LogP contribution >= 0.6 is 46.6 Å². The molecule has 0 bridgehead atoms. The van der Waals surface area contributed by atoms with Gasteiger partial charge in [-0.3, -0.25) is 9.69 Å². The molecule has 1 N–H and O–H groups in total. The Morgan fingerprint density at radius 3 is 2.65 bits per heavy atom. The minimum absolute atomic E-state index is 0.0908. The Bertz CT molecular complexity index is 956. The van der Waals surface area contributed by atoms with Crippen molar-refractivity contribution < 1.29 is 14.6 Å². The lowest BCUT2D eigenvalue weighted by Crippen LogP contribution is -2.28. The largest absolute Gasteiger partial charge is 0.504 e. The molecule has 0 atom stereocenters. The van der Waals surface area contributed by atoms with Gasteiger partial charge in [0.2, 0.25) is 0 Å². The zero-order valence-corrected chi connectivity index (χ0v) is 18.2. The van der Waals surface area contributed by atoms with Crippen molar-refractivity contribution >= 4 is 68.6 Å². The summed E-state index contributed by atoms with van der Waals surface area (Å²) in [5, 5.41) is 9.97. The Hall–Kier alpha value is -1.58. The number of anilines is 1. The number of aromatic hydroxyl groups is 1. The van der Waals surface area contributed by atoms with Crippen molar-refractivity contribution in [2.24, 2.45) is 0 Å². The minimum Gasteiger partial charge on any atom is -0.504 e. The van der Waals surface area contributed by atoms with E-state index in [9.17, 15) is 9.90 Å². The van der Waals surface area contributed by atoms with E-state index in [1.54, 1.807) is 23.1 Å². The lowest BCUT2D eigenvalue weighted by atomic mass is 10.1. The second-order valence-electron chi connectivity index (χ2n) is 5.86. The summed E-state index contributed by atoms with van der Waals surface area (Å²) in [4.78, 5) is 15.0. The highest BCUT2D eigenvalue weighted by molar-refractivity contribution is 14.1. The maximum atomic E-state index is 12.9. The second-order valence-corrected chi connectivity index (χ2v) is 8.70. The van der Waals surface area contributed by atoms with Gasteiger partial charge in [0.25, 0.3) is 5.91 Å². The van der Waals surface area contributed by atoms with Gasteiger partial charge in [-0.15, -0.1) is 0 Å². The number of carbonyl (C=O) groups is 1. The number of benzene rings is 2. The lowest BCUT2D eigenvalue weighted by molar-refractivity contribution is -0.113. The molecule has 0 spiro atoms. The van der Waals surface area contributed by atoms with Gasteiger partial charge in [0.1, 0.15) is 0 Å². The number of ether oxygens (including phenoxy) is 1. The molecule has 4 nitrogen and oxygen atoms in total. The zero-order chi connectivity index (χ0) is 19.0. The Kier molecular flexibility index (Phi) is 5.59. The summed E-state index contributed by atoms with van der Waals surface area (Å²) < 4.78 is 6.34. The van der Waals surface area contributed by atoms with Gasteiger partial charge in [-0.1, -0.05) is 41.7 Å². The van der Waals surface area contributed by atoms with E-state index in [1.807, 2.05) is 54.6 Å². The molecule has 0 radical (unpaired) electrons. The van der Waals surface area contributed by atoms with Gasteiger partial charge in [0, 0.05) is 0 Å². The maximum absolute atomic E-state index is 12.9. The van der Waals surface area contributed by atoms with E-state index >= 15 is 0 Å². The summed E-state index contributed by atoms with van der Waals surface area (Å²) in [6.07, 6.45) is 1.77. The molecule has 134 valence electrons. The molecule has 1 saturated heterocycles. The van der Waals surface area contributed by atoms with Gasteiger partial charge in [0.05, 0.1) is 21.3 Å². The number of methoxy groups -OCH3 is 1. The van der Waals surface area contributed by atoms with Crippen LogP contribution in [0.25, 0.3) is 6.08 Å². The Labute approximate surface area is 175 Å². The maximum Gasteiger partial charge on any atom is 0.270 e. The van der Waals surface area contributed by atoms with Crippen LogP contribution in [0.3, 0.4) is 0 Å². The molecule has 1 heterocycles. The quantitative estimate of drug-likeness (QED) is 0.367. The van der Waals surface area contributed by atoms with Crippen molar-refractivity contribution in [1.29, 1.82) is 0 Å². The van der Waals surface area contributed by atoms with E-state index in [0.29, 0.717) is 18.5 Å². The summed E-state index contributed by atoms with van der Waals surface area (Å²) in [6.45, 7) is 3.98. The first-order valence-electron chi connectivity index (χ1n) is 7.73. The van der Waals surface area contributed by atoms with Crippen LogP contribution in [-0.4, -0.2) is 22.4 Å². The number of phenolic OH excluding ortho intramolecular Hbond substituents is 1. The Morgan fingerprint density at radius 2 is 2.00 bits per heavy atom. The highest BCUT2D eigenvalue weighted by atomic mass is 127. The van der Waals surface area contributed by atoms with Crippen molar-refractivity contribution in [3.05, 3.63) is 55.5 Å². The third-order valence-corrected chi connectivity index (χ3v) is 6.08. The van der Waals surface area contributed by atoms with Crippen LogP contribution < -0.4 is 9.64 Å². The van der Waals surface area contributed by atoms with Gasteiger partial charge < -0.3 is 9.84 Å². The number of hydrogen-bond acceptors (Lipinski definition) is 5. The average Bonchev–Trinajstić information content (AvgIpc) is 2.85. The molecule has 0 aromatic heterocycles. The number of thioether (sulfide) groups is 1. The molecular weight excluding hydrogens is 481 g/mol. The highest BCUT2D eigenvalue weighted by Gasteiger charge is 2.34. The number of nitrogens with zero attached hydrogens (tertiary/aromatic N) is 1. The SMILES string of the molecule is COc1cc(/C=C2\SC(=S)N(c3ccc(C)cc3C)C2=O)cc(I)c1O. The van der Waals surface area contributed by atoms with Crippen molar-refractivity contribution in [1.82, 2.24) is 0 Å². The number of thiocarbonyl (C=S) groups is 1. The van der Waals surface area contributed by atoms with Crippen molar-refractivity contribution in [2.45, 2.75) is 13.8 Å². The smallest absolute Gasteiger partial charge is 0.270 e. The minimum atomic E-state index is -0.144. The van der Waals surface area contributed by atoms with Gasteiger partial charge in [0.15, 0.2) is 15.8 Å². The van der Waals surface area contributed by atoms with Crippen LogP contribution in [0.5, 0.6) is 11.5 Å². The highest BCUT2D eigenvalue weighted by Crippen LogP contribution is 2.39. The summed E-state index contributed by atoms with van der Waals surface area (Å²) >= 11 is 8.74. The Balaban J connectivity index is 1.99. The van der Waals surface area contributed by atoms with Gasteiger partial charge in [-0.2, -0.15) is 0 Å². The van der Waals surface area contributed by atoms with E-state index in [0.717, 1.165) is 22.4 Å². The Morgan fingerprint density at radius 1 is 1.27 bits per heavy atom. The third kappa shape index (κ3) is 3.60. The fourth-order valence-electron chi connectivity index (χ4n) is 2.72. The van der Waals surface area contributed by atoms with Gasteiger partial charge >= 0.3 is 0 Å². The lowest BCUT2D eigenvalue weighted by Gasteiger charge is -2.17. The molecule has 0 saturated carbocycles. The molecule has 1 aliphatic heterocycles. The first-order valence-corrected chi connectivity index (χ1v) is 10.0. The number of carbonyl (C=O) groups excluding carboxylic acids is 1. The number of aryl methyl sites for hydroxylation is 2. The molecule has 2 aromatic carbocycles. The van der Waals surface area contributed by atoms with E-state index in [4.69, 9.17) is 17.0 Å². The number of hydrogen-bond donors (Lipinski definition) is 1. The van der Waals surface area contributed by atoms with E-state index in [1.165, 1.54) is 18.9 Å². The van der Waals surface area contributed by atoms with E-state index in [2.05, 4.69) is 0 Å². The summed E-state index contributed by atoms with van der Waals surface area (Å²) in [5.41, 5.74) is 3.71. The summed E-state index contributed by atoms with van der Waals surface area (Å²) in [6, 6.07) is 9.41. The number of halogens is 1. The molecule has 7 heteroatoms. The van der Waals surface area contributed by atoms with Crippen LogP contribution in [0, 0.1) is 17.4 Å². The predicted octanol–water partition coefficient (Wildman–Crippen LogP) is 5.03. The summed E-state index contributed by atoms with van der Waals surface area (Å²) in [7, 11) is 1.49. The standard InChI is InChI=1S/C19H16INO3S2/c1-10-4-5-14(11(2)6-10)21-18(23)16(26-19(21)25)9-12-7-13(20)17(22)15(8-12)24-3/h4-9,22H,1-3H3/b16-9-. The monoisotopic (exact) mass is 497 g/mol. The first kappa shape index (κ1) is 19.2. The normalized spacial score (nSPS) is 15.8. The first-order chi connectivity index (χ1) is 12.3. The number of rotatable bonds is 3. The average molecular weight is 497 g/mol.